The number of hydrogen-bond acceptors (Lipinski definition) is 5. The maximum Gasteiger partial charge on any atom is 0.330 e. The summed E-state index contributed by atoms with van der Waals surface area (Å²) in [6, 6.07) is 3.13. The molecule has 10 heteroatoms. The number of carbonyl (C=O) groups excluding carboxylic acids is 1. The summed E-state index contributed by atoms with van der Waals surface area (Å²) in [5, 5.41) is 0. The van der Waals surface area contributed by atoms with E-state index in [-0.39, 0.29) is 12.1 Å². The van der Waals surface area contributed by atoms with Gasteiger partial charge in [-0.05, 0) is 68.9 Å². The molecule has 1 aliphatic carbocycles. The van der Waals surface area contributed by atoms with Gasteiger partial charge in [-0.15, -0.1) is 0 Å². The van der Waals surface area contributed by atoms with Crippen LogP contribution in [0.25, 0.3) is 17.2 Å². The Hall–Kier alpha value is -3.14. The number of aromatic nitrogens is 4. The molecule has 1 aliphatic rings. The van der Waals surface area contributed by atoms with E-state index in [9.17, 15) is 18.0 Å². The zero-order chi connectivity index (χ0) is 27.1. The number of imidazole rings is 1. The second kappa shape index (κ2) is 9.96. The predicted molar refractivity (Wildman–Crippen MR) is 146 cm³/mol. The number of pyridine rings is 1. The minimum atomic E-state index is -3.86. The third kappa shape index (κ3) is 5.03. The number of nitrogens with one attached hydrogen (secondary N) is 1. The molecule has 2 unspecified atom stereocenters. The first-order valence-corrected chi connectivity index (χ1v) is 14.3. The number of fused-ring (bicyclic) bond motifs is 2. The highest BCUT2D eigenvalue weighted by molar-refractivity contribution is 7.91. The van der Waals surface area contributed by atoms with Crippen LogP contribution in [0.1, 0.15) is 89.1 Å². The van der Waals surface area contributed by atoms with Crippen molar-refractivity contribution in [3.63, 3.8) is 0 Å². The smallest absolute Gasteiger partial charge is 0.330 e. The summed E-state index contributed by atoms with van der Waals surface area (Å²) in [6.07, 6.45) is 10.1. The highest BCUT2D eigenvalue weighted by Crippen LogP contribution is 2.34. The lowest BCUT2D eigenvalue weighted by atomic mass is 9.90. The molecule has 0 fully saturated rings. The second-order valence-electron chi connectivity index (χ2n) is 11.0. The zero-order valence-electron chi connectivity index (χ0n) is 22.5. The number of sulfonamides is 1. The number of amides is 1. The number of aryl methyl sites for hydroxylation is 1. The van der Waals surface area contributed by atoms with Crippen molar-refractivity contribution in [2.45, 2.75) is 83.6 Å². The van der Waals surface area contributed by atoms with Crippen LogP contribution in [-0.2, 0) is 28.4 Å². The first-order valence-electron chi connectivity index (χ1n) is 12.8. The number of allylic oxidation sites excluding steroid dienone is 1. The number of hydrogen-bond donors (Lipinski definition) is 1. The SMILES string of the molecule is CCCC(CC(=O)NS(=O)(=O)C(C)(C)C)n1c(=O)n(Cc2cn(C)c3c2C(C)CC=C3)c2cccnc21. The third-order valence-corrected chi connectivity index (χ3v) is 9.23. The number of carbonyl (C=O) groups is 1. The van der Waals surface area contributed by atoms with Crippen LogP contribution in [0.5, 0.6) is 0 Å². The van der Waals surface area contributed by atoms with E-state index in [0.29, 0.717) is 36.5 Å². The van der Waals surface area contributed by atoms with Crippen molar-refractivity contribution in [3.8, 4) is 0 Å². The molecule has 0 aliphatic heterocycles. The van der Waals surface area contributed by atoms with Crippen molar-refractivity contribution < 1.29 is 13.2 Å². The van der Waals surface area contributed by atoms with Gasteiger partial charge in [-0.3, -0.25) is 18.7 Å². The van der Waals surface area contributed by atoms with Crippen LogP contribution in [0.15, 0.2) is 35.4 Å². The first kappa shape index (κ1) is 26.9. The van der Waals surface area contributed by atoms with Crippen LogP contribution in [0, 0.1) is 0 Å². The Kier molecular flexibility index (Phi) is 7.25. The largest absolute Gasteiger partial charge is 0.350 e. The standard InChI is InChI=1S/C27H37N5O4S/c1-7-10-20(15-23(33)29-37(35,36)27(3,4)5)32-25-22(13-9-14-28-25)31(26(32)34)17-19-16-30(6)21-12-8-11-18(2)24(19)21/h8-9,12-14,16,18,20H,7,10-11,15,17H2,1-6H3,(H,29,33). The van der Waals surface area contributed by atoms with Gasteiger partial charge in [0.1, 0.15) is 0 Å². The third-order valence-electron chi connectivity index (χ3n) is 7.12. The Bertz CT molecular complexity index is 1520. The van der Waals surface area contributed by atoms with Crippen molar-refractivity contribution in [1.82, 2.24) is 23.4 Å². The van der Waals surface area contributed by atoms with Crippen molar-refractivity contribution in [2.24, 2.45) is 7.05 Å². The second-order valence-corrected chi connectivity index (χ2v) is 13.4. The zero-order valence-corrected chi connectivity index (χ0v) is 23.3. The van der Waals surface area contributed by atoms with Gasteiger partial charge in [-0.2, -0.15) is 0 Å². The van der Waals surface area contributed by atoms with E-state index in [1.807, 2.05) is 20.0 Å². The average Bonchev–Trinajstić information content (AvgIpc) is 3.27. The fraction of sp³-hybridized carbons (Fsp3) is 0.519. The summed E-state index contributed by atoms with van der Waals surface area (Å²) in [5.41, 5.74) is 4.42. The number of nitrogens with zero attached hydrogens (tertiary/aromatic N) is 4. The van der Waals surface area contributed by atoms with Crippen LogP contribution >= 0.6 is 0 Å². The molecule has 37 heavy (non-hydrogen) atoms. The molecule has 1 N–H and O–H groups in total. The van der Waals surface area contributed by atoms with E-state index in [4.69, 9.17) is 0 Å². The van der Waals surface area contributed by atoms with Gasteiger partial charge in [0, 0.05) is 37.6 Å². The minimum Gasteiger partial charge on any atom is -0.350 e. The van der Waals surface area contributed by atoms with Crippen LogP contribution in [0.2, 0.25) is 0 Å². The summed E-state index contributed by atoms with van der Waals surface area (Å²) < 4.78 is 31.5. The summed E-state index contributed by atoms with van der Waals surface area (Å²) in [4.78, 5) is 31.3. The van der Waals surface area contributed by atoms with E-state index in [1.54, 1.807) is 21.4 Å². The van der Waals surface area contributed by atoms with Gasteiger partial charge in [-0.1, -0.05) is 26.3 Å². The van der Waals surface area contributed by atoms with Crippen molar-refractivity contribution in [2.75, 3.05) is 0 Å². The Morgan fingerprint density at radius 1 is 1.30 bits per heavy atom. The highest BCUT2D eigenvalue weighted by atomic mass is 32.2. The van der Waals surface area contributed by atoms with Crippen LogP contribution in [0.3, 0.4) is 0 Å². The molecule has 4 rings (SSSR count). The van der Waals surface area contributed by atoms with Gasteiger partial charge in [0.25, 0.3) is 0 Å². The van der Waals surface area contributed by atoms with E-state index in [0.717, 1.165) is 17.7 Å². The molecule has 9 nitrogen and oxygen atoms in total. The molecule has 3 aromatic heterocycles. The fourth-order valence-electron chi connectivity index (χ4n) is 5.11. The molecule has 0 radical (unpaired) electrons. The molecular formula is C27H37N5O4S. The van der Waals surface area contributed by atoms with Crippen LogP contribution in [0.4, 0.5) is 0 Å². The van der Waals surface area contributed by atoms with Crippen LogP contribution < -0.4 is 10.4 Å². The lowest BCUT2D eigenvalue weighted by Gasteiger charge is -2.22. The average molecular weight is 528 g/mol. The molecular weight excluding hydrogens is 490 g/mol. The molecule has 0 bridgehead atoms. The van der Waals surface area contributed by atoms with Gasteiger partial charge in [-0.25, -0.2) is 18.2 Å². The van der Waals surface area contributed by atoms with Crippen LogP contribution in [-0.4, -0.2) is 37.8 Å². The lowest BCUT2D eigenvalue weighted by Crippen LogP contribution is -2.43. The van der Waals surface area contributed by atoms with Gasteiger partial charge >= 0.3 is 5.69 Å². The Balaban J connectivity index is 1.75. The van der Waals surface area contributed by atoms with E-state index >= 15 is 0 Å². The maximum absolute atomic E-state index is 13.9. The monoisotopic (exact) mass is 527 g/mol. The number of rotatable bonds is 8. The maximum atomic E-state index is 13.9. The van der Waals surface area contributed by atoms with Gasteiger partial charge < -0.3 is 4.57 Å². The van der Waals surface area contributed by atoms with Gasteiger partial charge in [0.05, 0.1) is 16.8 Å². The fourth-order valence-corrected chi connectivity index (χ4v) is 5.80. The molecule has 3 heterocycles. The molecule has 1 amide bonds. The van der Waals surface area contributed by atoms with Gasteiger partial charge in [0.2, 0.25) is 15.9 Å². The highest BCUT2D eigenvalue weighted by Gasteiger charge is 2.32. The quantitative estimate of drug-likeness (QED) is 0.475. The van der Waals surface area contributed by atoms with Crippen molar-refractivity contribution >= 4 is 33.2 Å². The molecule has 0 spiro atoms. The van der Waals surface area contributed by atoms with Crippen molar-refractivity contribution in [1.29, 1.82) is 0 Å². The molecule has 0 aromatic carbocycles. The van der Waals surface area contributed by atoms with E-state index in [2.05, 4.69) is 39.5 Å². The predicted octanol–water partition coefficient (Wildman–Crippen LogP) is 4.08. The summed E-state index contributed by atoms with van der Waals surface area (Å²) in [6.45, 7) is 9.16. The Morgan fingerprint density at radius 2 is 2.03 bits per heavy atom. The summed E-state index contributed by atoms with van der Waals surface area (Å²) in [7, 11) is -1.84. The summed E-state index contributed by atoms with van der Waals surface area (Å²) >= 11 is 0. The van der Waals surface area contributed by atoms with E-state index in [1.165, 1.54) is 26.3 Å². The van der Waals surface area contributed by atoms with Gasteiger partial charge in [0.15, 0.2) is 5.65 Å². The lowest BCUT2D eigenvalue weighted by molar-refractivity contribution is -0.120. The molecule has 3 aromatic rings. The Morgan fingerprint density at radius 3 is 2.70 bits per heavy atom. The Labute approximate surface area is 218 Å². The topological polar surface area (TPSA) is 108 Å². The minimum absolute atomic E-state index is 0.138. The molecule has 2 atom stereocenters. The molecule has 0 saturated carbocycles. The van der Waals surface area contributed by atoms with Crippen molar-refractivity contribution in [3.05, 3.63) is 57.9 Å². The molecule has 0 saturated heterocycles. The summed E-state index contributed by atoms with van der Waals surface area (Å²) in [5.74, 6) is -0.283. The first-order chi connectivity index (χ1) is 17.4. The normalized spacial score (nSPS) is 16.6. The molecule has 200 valence electrons. The van der Waals surface area contributed by atoms with E-state index < -0.39 is 26.7 Å².